The Balaban J connectivity index is 1.73. The van der Waals surface area contributed by atoms with Gasteiger partial charge in [0.05, 0.1) is 7.11 Å². The van der Waals surface area contributed by atoms with E-state index in [1.165, 1.54) is 25.3 Å². The third-order valence-electron chi connectivity index (χ3n) is 4.23. The fraction of sp³-hybridized carbons (Fsp3) is 0.200. The van der Waals surface area contributed by atoms with Crippen molar-refractivity contribution in [1.82, 2.24) is 10.6 Å². The lowest BCUT2D eigenvalue weighted by Crippen LogP contribution is -2.50. The first-order valence-corrected chi connectivity index (χ1v) is 8.22. The smallest absolute Gasteiger partial charge is 0.323 e. The van der Waals surface area contributed by atoms with E-state index in [-0.39, 0.29) is 17.7 Å². The molecule has 0 spiro atoms. The molecule has 0 fully saturated rings. The molecule has 2 atom stereocenters. The van der Waals surface area contributed by atoms with Crippen molar-refractivity contribution < 1.29 is 18.7 Å². The number of benzene rings is 2. The van der Waals surface area contributed by atoms with Crippen LogP contribution in [-0.4, -0.2) is 25.0 Å². The third-order valence-corrected chi connectivity index (χ3v) is 4.23. The molecule has 134 valence electrons. The number of esters is 1. The van der Waals surface area contributed by atoms with E-state index in [1.807, 2.05) is 24.3 Å². The first-order valence-electron chi connectivity index (χ1n) is 8.22. The Kier molecular flexibility index (Phi) is 5.43. The Hall–Kier alpha value is -2.99. The number of rotatable bonds is 4. The van der Waals surface area contributed by atoms with Gasteiger partial charge in [0.2, 0.25) is 5.91 Å². The number of carbonyl (C=O) groups excluding carboxylic acids is 2. The summed E-state index contributed by atoms with van der Waals surface area (Å²) in [6.07, 6.45) is 2.97. The maximum absolute atomic E-state index is 12.9. The summed E-state index contributed by atoms with van der Waals surface area (Å²) in [4.78, 5) is 24.2. The van der Waals surface area contributed by atoms with Crippen molar-refractivity contribution in [2.75, 3.05) is 7.11 Å². The van der Waals surface area contributed by atoms with Crippen LogP contribution in [0.2, 0.25) is 0 Å². The molecule has 2 aromatic carbocycles. The molecular formula is C20H19FN2O3. The predicted molar refractivity (Wildman–Crippen MR) is 95.4 cm³/mol. The second-order valence-corrected chi connectivity index (χ2v) is 5.97. The highest BCUT2D eigenvalue weighted by Gasteiger charge is 2.31. The summed E-state index contributed by atoms with van der Waals surface area (Å²) in [6, 6.07) is 12.9. The van der Waals surface area contributed by atoms with Gasteiger partial charge in [0.1, 0.15) is 18.0 Å². The number of amides is 1. The molecule has 1 aliphatic heterocycles. The number of hydrogen-bond acceptors (Lipinski definition) is 4. The summed E-state index contributed by atoms with van der Waals surface area (Å²) in [5, 5.41) is 5.95. The summed E-state index contributed by atoms with van der Waals surface area (Å²) in [7, 11) is 1.34. The highest BCUT2D eigenvalue weighted by molar-refractivity contribution is 5.92. The maximum Gasteiger partial charge on any atom is 0.323 e. The van der Waals surface area contributed by atoms with Crippen molar-refractivity contribution in [3.63, 3.8) is 0 Å². The second kappa shape index (κ2) is 7.93. The number of methoxy groups -OCH3 is 1. The van der Waals surface area contributed by atoms with Gasteiger partial charge in [-0.25, -0.2) is 4.39 Å². The molecule has 1 amide bonds. The van der Waals surface area contributed by atoms with Gasteiger partial charge in [-0.05, 0) is 41.3 Å². The monoisotopic (exact) mass is 354 g/mol. The number of carbonyl (C=O) groups is 2. The van der Waals surface area contributed by atoms with Gasteiger partial charge >= 0.3 is 5.97 Å². The quantitative estimate of drug-likeness (QED) is 0.653. The Morgan fingerprint density at radius 2 is 1.92 bits per heavy atom. The van der Waals surface area contributed by atoms with Gasteiger partial charge in [0, 0.05) is 6.08 Å². The van der Waals surface area contributed by atoms with Gasteiger partial charge < -0.3 is 10.1 Å². The highest BCUT2D eigenvalue weighted by atomic mass is 19.1. The van der Waals surface area contributed by atoms with E-state index in [4.69, 9.17) is 4.74 Å². The Morgan fingerprint density at radius 1 is 1.19 bits per heavy atom. The molecule has 0 saturated carbocycles. The van der Waals surface area contributed by atoms with Gasteiger partial charge in [0.25, 0.3) is 0 Å². The van der Waals surface area contributed by atoms with Crippen LogP contribution >= 0.6 is 0 Å². The van der Waals surface area contributed by atoms with E-state index in [0.29, 0.717) is 12.0 Å². The summed E-state index contributed by atoms with van der Waals surface area (Å²) in [6.45, 7) is 0. The molecule has 0 aromatic heterocycles. The van der Waals surface area contributed by atoms with Crippen LogP contribution in [0, 0.1) is 5.82 Å². The van der Waals surface area contributed by atoms with Gasteiger partial charge in [-0.2, -0.15) is 0 Å². The van der Waals surface area contributed by atoms with Crippen LogP contribution in [-0.2, 0) is 20.7 Å². The van der Waals surface area contributed by atoms with Crippen LogP contribution in [0.3, 0.4) is 0 Å². The molecule has 1 aliphatic rings. The molecule has 2 N–H and O–H groups in total. The minimum absolute atomic E-state index is 0.327. The Labute approximate surface area is 150 Å². The average Bonchev–Trinajstić information content (AvgIpc) is 2.66. The van der Waals surface area contributed by atoms with Crippen LogP contribution in [0.4, 0.5) is 4.39 Å². The van der Waals surface area contributed by atoms with Crippen molar-refractivity contribution in [3.8, 4) is 0 Å². The first-order chi connectivity index (χ1) is 12.6. The summed E-state index contributed by atoms with van der Waals surface area (Å²) >= 11 is 0. The second-order valence-electron chi connectivity index (χ2n) is 5.97. The van der Waals surface area contributed by atoms with Crippen molar-refractivity contribution in [2.24, 2.45) is 0 Å². The average molecular weight is 354 g/mol. The highest BCUT2D eigenvalue weighted by Crippen LogP contribution is 2.24. The van der Waals surface area contributed by atoms with Crippen molar-refractivity contribution in [2.45, 2.75) is 18.6 Å². The molecule has 5 nitrogen and oxygen atoms in total. The molecule has 26 heavy (non-hydrogen) atoms. The van der Waals surface area contributed by atoms with Crippen LogP contribution in [0.1, 0.15) is 22.9 Å². The third kappa shape index (κ3) is 4.15. The standard InChI is InChI=1S/C20H19FN2O3/c1-26-20(25)17-12-14-4-2-3-5-16(14)19(22-17)23-18(24)11-8-13-6-9-15(21)10-7-13/h2-11,17,19,22H,12H2,1H3,(H,23,24). The predicted octanol–water partition coefficient (Wildman–Crippen LogP) is 2.34. The lowest BCUT2D eigenvalue weighted by Gasteiger charge is -2.32. The minimum atomic E-state index is -0.527. The molecule has 1 heterocycles. The minimum Gasteiger partial charge on any atom is -0.468 e. The van der Waals surface area contributed by atoms with E-state index in [1.54, 1.807) is 18.2 Å². The van der Waals surface area contributed by atoms with Crippen molar-refractivity contribution >= 4 is 18.0 Å². The van der Waals surface area contributed by atoms with Crippen LogP contribution in [0.15, 0.2) is 54.6 Å². The molecule has 3 rings (SSSR count). The van der Waals surface area contributed by atoms with Crippen LogP contribution < -0.4 is 10.6 Å². The summed E-state index contributed by atoms with van der Waals surface area (Å²) < 4.78 is 17.7. The zero-order chi connectivity index (χ0) is 18.5. The van der Waals surface area contributed by atoms with Crippen molar-refractivity contribution in [3.05, 3.63) is 77.1 Å². The topological polar surface area (TPSA) is 67.4 Å². The first kappa shape index (κ1) is 17.8. The Bertz CT molecular complexity index is 833. The maximum atomic E-state index is 12.9. The fourth-order valence-electron chi connectivity index (χ4n) is 2.92. The molecule has 0 aliphatic carbocycles. The van der Waals surface area contributed by atoms with Crippen molar-refractivity contribution in [1.29, 1.82) is 0 Å². The number of hydrogen-bond donors (Lipinski definition) is 2. The molecule has 6 heteroatoms. The molecule has 2 aromatic rings. The van der Waals surface area contributed by atoms with Crippen LogP contribution in [0.25, 0.3) is 6.08 Å². The van der Waals surface area contributed by atoms with E-state index in [2.05, 4.69) is 10.6 Å². The normalized spacial score (nSPS) is 19.0. The van der Waals surface area contributed by atoms with Gasteiger partial charge in [-0.15, -0.1) is 0 Å². The van der Waals surface area contributed by atoms with Crippen LogP contribution in [0.5, 0.6) is 0 Å². The van der Waals surface area contributed by atoms with E-state index >= 15 is 0 Å². The fourth-order valence-corrected chi connectivity index (χ4v) is 2.92. The SMILES string of the molecule is COC(=O)C1Cc2ccccc2C(NC(=O)C=Cc2ccc(F)cc2)N1. The molecular weight excluding hydrogens is 335 g/mol. The largest absolute Gasteiger partial charge is 0.468 e. The number of ether oxygens (including phenoxy) is 1. The number of nitrogens with one attached hydrogen (secondary N) is 2. The summed E-state index contributed by atoms with van der Waals surface area (Å²) in [5.74, 6) is -1.03. The Morgan fingerprint density at radius 3 is 2.65 bits per heavy atom. The van der Waals surface area contributed by atoms with Gasteiger partial charge in [-0.3, -0.25) is 14.9 Å². The van der Waals surface area contributed by atoms with E-state index in [9.17, 15) is 14.0 Å². The molecule has 0 bridgehead atoms. The summed E-state index contributed by atoms with van der Waals surface area (Å²) in [5.41, 5.74) is 2.61. The van der Waals surface area contributed by atoms with Gasteiger partial charge in [0.15, 0.2) is 0 Å². The molecule has 2 unspecified atom stereocenters. The van der Waals surface area contributed by atoms with E-state index < -0.39 is 12.2 Å². The van der Waals surface area contributed by atoms with E-state index in [0.717, 1.165) is 11.1 Å². The number of fused-ring (bicyclic) bond motifs is 1. The molecule has 0 radical (unpaired) electrons. The van der Waals surface area contributed by atoms with Gasteiger partial charge in [-0.1, -0.05) is 36.4 Å². The molecule has 0 saturated heterocycles. The lowest BCUT2D eigenvalue weighted by molar-refractivity contribution is -0.143. The number of halogens is 1. The zero-order valence-electron chi connectivity index (χ0n) is 14.2. The zero-order valence-corrected chi connectivity index (χ0v) is 14.2. The lowest BCUT2D eigenvalue weighted by atomic mass is 9.93.